The molecule has 0 saturated carbocycles. The molecule has 0 aliphatic rings. The molecule has 0 aliphatic heterocycles. The molecule has 168 valence electrons. The van der Waals surface area contributed by atoms with E-state index in [1.807, 2.05) is 0 Å². The lowest BCUT2D eigenvalue weighted by molar-refractivity contribution is 0.0691. The van der Waals surface area contributed by atoms with E-state index in [4.69, 9.17) is 9.84 Å². The van der Waals surface area contributed by atoms with Crippen LogP contribution < -0.4 is 4.74 Å². The van der Waals surface area contributed by atoms with Crippen molar-refractivity contribution in [2.45, 2.75) is 12.6 Å². The van der Waals surface area contributed by atoms with Crippen LogP contribution in [0.2, 0.25) is 0 Å². The molecule has 0 saturated heterocycles. The van der Waals surface area contributed by atoms with Crippen molar-refractivity contribution in [1.82, 2.24) is 0 Å². The molecule has 0 aliphatic carbocycles. The van der Waals surface area contributed by atoms with Crippen LogP contribution in [0.1, 0.15) is 27.0 Å². The highest BCUT2D eigenvalue weighted by atomic mass is 79.9. The Hall–Kier alpha value is -2.19. The first kappa shape index (κ1) is 24.5. The van der Waals surface area contributed by atoms with Crippen molar-refractivity contribution in [3.05, 3.63) is 85.5 Å². The van der Waals surface area contributed by atoms with Gasteiger partial charge in [-0.2, -0.15) is 0 Å². The van der Waals surface area contributed by atoms with Crippen LogP contribution >= 0.6 is 39.2 Å². The van der Waals surface area contributed by atoms with Gasteiger partial charge in [0.25, 0.3) is 0 Å². The maximum absolute atomic E-state index is 13.7. The summed E-state index contributed by atoms with van der Waals surface area (Å²) in [6, 6.07) is 11.7. The minimum Gasteiger partial charge on any atom is -0.508 e. The number of rotatable bonds is 7. The highest BCUT2D eigenvalue weighted by molar-refractivity contribution is 9.11. The Balaban J connectivity index is 1.88. The third kappa shape index (κ3) is 6.19. The topological polar surface area (TPSA) is 104 Å². The van der Waals surface area contributed by atoms with E-state index >= 15 is 0 Å². The van der Waals surface area contributed by atoms with Gasteiger partial charge in [0.2, 0.25) is 7.37 Å². The van der Waals surface area contributed by atoms with Crippen LogP contribution in [0.15, 0.2) is 57.5 Å². The Morgan fingerprint density at radius 2 is 1.72 bits per heavy atom. The lowest BCUT2D eigenvalue weighted by Gasteiger charge is -2.14. The fourth-order valence-electron chi connectivity index (χ4n) is 3.09. The zero-order chi connectivity index (χ0) is 23.6. The van der Waals surface area contributed by atoms with E-state index in [2.05, 4.69) is 31.9 Å². The summed E-state index contributed by atoms with van der Waals surface area (Å²) in [5, 5.41) is 19.3. The largest absolute Gasteiger partial charge is 0.508 e. The molecule has 6 nitrogen and oxygen atoms in total. The van der Waals surface area contributed by atoms with Crippen LogP contribution in [0.5, 0.6) is 17.2 Å². The Bertz CT molecular complexity index is 1220. The van der Waals surface area contributed by atoms with Gasteiger partial charge in [-0.3, -0.25) is 4.57 Å². The second-order valence-electron chi connectivity index (χ2n) is 7.29. The number of carboxylic acid groups (broad SMARTS) is 1. The Labute approximate surface area is 200 Å². The maximum Gasteiger partial charge on any atom is 0.338 e. The molecular weight excluding hydrogens is 570 g/mol. The van der Waals surface area contributed by atoms with Gasteiger partial charge in [-0.15, -0.1) is 0 Å². The molecule has 0 radical (unpaired) electrons. The van der Waals surface area contributed by atoms with Gasteiger partial charge in [-0.1, -0.05) is 6.07 Å². The molecule has 10 heteroatoms. The Morgan fingerprint density at radius 1 is 1.06 bits per heavy atom. The van der Waals surface area contributed by atoms with Crippen LogP contribution in [0.4, 0.5) is 4.39 Å². The second-order valence-corrected chi connectivity index (χ2v) is 11.4. The molecule has 0 amide bonds. The number of aromatic hydroxyl groups is 1. The van der Waals surface area contributed by atoms with Crippen molar-refractivity contribution < 1.29 is 33.6 Å². The predicted molar refractivity (Wildman–Crippen MR) is 126 cm³/mol. The molecular formula is C22H18Br2FO6P. The number of halogens is 3. The number of phenols is 1. The highest BCUT2D eigenvalue weighted by Crippen LogP contribution is 2.44. The number of hydrogen-bond acceptors (Lipinski definition) is 4. The lowest BCUT2D eigenvalue weighted by Crippen LogP contribution is -2.02. The van der Waals surface area contributed by atoms with E-state index < -0.39 is 24.7 Å². The van der Waals surface area contributed by atoms with Crippen molar-refractivity contribution >= 4 is 45.2 Å². The van der Waals surface area contributed by atoms with Gasteiger partial charge in [0.1, 0.15) is 17.3 Å². The fourth-order valence-corrected chi connectivity index (χ4v) is 5.39. The van der Waals surface area contributed by atoms with Crippen molar-refractivity contribution in [3.8, 4) is 17.2 Å². The molecule has 0 fully saturated rings. The standard InChI is InChI=1S/C22H18Br2FO6P/c1-32(29,30)11-13-8-17(23)21(18(24)9-13)31-15-3-5-20(26)14(10-15)6-12-2-4-19(25)16(7-12)22(27)28/h2-5,7-10,26H,6,11H2,1H3,(H,27,28)(H,29,30). The zero-order valence-corrected chi connectivity index (χ0v) is 20.7. The van der Waals surface area contributed by atoms with Crippen LogP contribution in [-0.4, -0.2) is 27.7 Å². The monoisotopic (exact) mass is 586 g/mol. The number of carbonyl (C=O) groups is 1. The number of hydrogen-bond donors (Lipinski definition) is 3. The van der Waals surface area contributed by atoms with Gasteiger partial charge in [-0.25, -0.2) is 9.18 Å². The summed E-state index contributed by atoms with van der Waals surface area (Å²) in [6.45, 7) is 1.29. The molecule has 0 bridgehead atoms. The molecule has 1 unspecified atom stereocenters. The molecule has 0 aromatic heterocycles. The van der Waals surface area contributed by atoms with E-state index in [9.17, 15) is 23.7 Å². The smallest absolute Gasteiger partial charge is 0.338 e. The molecule has 0 spiro atoms. The van der Waals surface area contributed by atoms with Crippen LogP contribution in [0.3, 0.4) is 0 Å². The van der Waals surface area contributed by atoms with Crippen LogP contribution in [-0.2, 0) is 17.1 Å². The zero-order valence-electron chi connectivity index (χ0n) is 16.7. The Kier molecular flexibility index (Phi) is 7.45. The molecule has 1 atom stereocenters. The van der Waals surface area contributed by atoms with Gasteiger partial charge < -0.3 is 19.8 Å². The number of phenolic OH excluding ortho intramolecular Hbond substituents is 1. The van der Waals surface area contributed by atoms with Crippen LogP contribution in [0.25, 0.3) is 0 Å². The summed E-state index contributed by atoms with van der Waals surface area (Å²) in [7, 11) is -3.24. The normalized spacial score (nSPS) is 12.9. The van der Waals surface area contributed by atoms with E-state index in [-0.39, 0.29) is 18.3 Å². The lowest BCUT2D eigenvalue weighted by atomic mass is 10.0. The minimum absolute atomic E-state index is 0.0177. The van der Waals surface area contributed by atoms with Crippen molar-refractivity contribution in [2.24, 2.45) is 0 Å². The third-order valence-electron chi connectivity index (χ3n) is 4.46. The number of aromatic carboxylic acids is 1. The predicted octanol–water partition coefficient (Wildman–Crippen LogP) is 6.54. The fraction of sp³-hybridized carbons (Fsp3) is 0.136. The van der Waals surface area contributed by atoms with Gasteiger partial charge >= 0.3 is 5.97 Å². The first-order valence-corrected chi connectivity index (χ1v) is 13.1. The van der Waals surface area contributed by atoms with Crippen molar-refractivity contribution in [1.29, 1.82) is 0 Å². The first-order valence-electron chi connectivity index (χ1n) is 9.21. The van der Waals surface area contributed by atoms with Gasteiger partial charge in [-0.05, 0) is 85.5 Å². The van der Waals surface area contributed by atoms with Crippen molar-refractivity contribution in [2.75, 3.05) is 6.66 Å². The van der Waals surface area contributed by atoms with E-state index in [0.717, 1.165) is 6.07 Å². The number of ether oxygens (including phenoxy) is 1. The summed E-state index contributed by atoms with van der Waals surface area (Å²) < 4.78 is 32.4. The summed E-state index contributed by atoms with van der Waals surface area (Å²) >= 11 is 6.82. The second kappa shape index (κ2) is 9.75. The molecule has 32 heavy (non-hydrogen) atoms. The summed E-state index contributed by atoms with van der Waals surface area (Å²) in [5.41, 5.74) is 1.18. The number of benzene rings is 3. The molecule has 3 aromatic rings. The Morgan fingerprint density at radius 3 is 2.31 bits per heavy atom. The van der Waals surface area contributed by atoms with Gasteiger partial charge in [0.15, 0.2) is 5.75 Å². The molecule has 3 N–H and O–H groups in total. The maximum atomic E-state index is 13.7. The van der Waals surface area contributed by atoms with Gasteiger partial charge in [0.05, 0.1) is 14.5 Å². The SMILES string of the molecule is CP(=O)(O)Cc1cc(Br)c(Oc2ccc(O)c(Cc3ccc(F)c(C(=O)O)c3)c2)c(Br)c1. The molecule has 3 aromatic carbocycles. The van der Waals surface area contributed by atoms with Crippen molar-refractivity contribution in [3.63, 3.8) is 0 Å². The minimum atomic E-state index is -3.24. The molecule has 0 heterocycles. The average molecular weight is 588 g/mol. The quantitative estimate of drug-likeness (QED) is 0.271. The summed E-state index contributed by atoms with van der Waals surface area (Å²) in [4.78, 5) is 20.8. The highest BCUT2D eigenvalue weighted by Gasteiger charge is 2.17. The summed E-state index contributed by atoms with van der Waals surface area (Å²) in [5.74, 6) is -1.39. The van der Waals surface area contributed by atoms with E-state index in [0.29, 0.717) is 37.1 Å². The molecule has 3 rings (SSSR count). The summed E-state index contributed by atoms with van der Waals surface area (Å²) in [6.07, 6.45) is 0.178. The van der Waals surface area contributed by atoms with E-state index in [1.165, 1.54) is 24.9 Å². The average Bonchev–Trinajstić information content (AvgIpc) is 2.67. The third-order valence-corrected chi connectivity index (χ3v) is 6.59. The van der Waals surface area contributed by atoms with E-state index in [1.54, 1.807) is 24.3 Å². The van der Waals surface area contributed by atoms with Crippen LogP contribution in [0, 0.1) is 5.82 Å². The number of carboxylic acids is 1. The first-order chi connectivity index (χ1) is 14.9. The van der Waals surface area contributed by atoms with Gasteiger partial charge in [0, 0.05) is 24.8 Å².